The second-order valence-corrected chi connectivity index (χ2v) is 5.56. The van der Waals surface area contributed by atoms with Crippen LogP contribution in [0.5, 0.6) is 0 Å². The zero-order chi connectivity index (χ0) is 15.5. The molecule has 0 saturated heterocycles. The van der Waals surface area contributed by atoms with Crippen molar-refractivity contribution in [3.8, 4) is 5.69 Å². The van der Waals surface area contributed by atoms with Gasteiger partial charge in [0.15, 0.2) is 0 Å². The Bertz CT molecular complexity index is 848. The maximum absolute atomic E-state index is 12.2. The van der Waals surface area contributed by atoms with E-state index in [-0.39, 0.29) is 17.3 Å². The van der Waals surface area contributed by atoms with Gasteiger partial charge in [0.1, 0.15) is 12.4 Å². The smallest absolute Gasteiger partial charge is 0.307 e. The molecule has 3 rings (SSSR count). The molecule has 0 bridgehead atoms. The predicted molar refractivity (Wildman–Crippen MR) is 85.5 cm³/mol. The van der Waals surface area contributed by atoms with Gasteiger partial charge in [0.2, 0.25) is 5.91 Å². The highest BCUT2D eigenvalue weighted by atomic mass is 32.1. The van der Waals surface area contributed by atoms with Crippen molar-refractivity contribution < 1.29 is 4.79 Å². The zero-order valence-electron chi connectivity index (χ0n) is 11.9. The van der Waals surface area contributed by atoms with Crippen LogP contribution in [0.3, 0.4) is 0 Å². The molecule has 112 valence electrons. The average Bonchev–Trinajstić information content (AvgIpc) is 3.10. The van der Waals surface area contributed by atoms with E-state index in [2.05, 4.69) is 10.4 Å². The summed E-state index contributed by atoms with van der Waals surface area (Å²) in [5.74, 6) is 0.304. The number of amides is 1. The van der Waals surface area contributed by atoms with Crippen molar-refractivity contribution in [1.29, 1.82) is 0 Å². The van der Waals surface area contributed by atoms with Crippen molar-refractivity contribution in [2.75, 3.05) is 5.32 Å². The van der Waals surface area contributed by atoms with Gasteiger partial charge in [-0.1, -0.05) is 29.5 Å². The van der Waals surface area contributed by atoms with Crippen LogP contribution in [0.1, 0.15) is 5.69 Å². The summed E-state index contributed by atoms with van der Waals surface area (Å²) >= 11 is 1.09. The van der Waals surface area contributed by atoms with Crippen LogP contribution in [0, 0.1) is 6.92 Å². The Kier molecular flexibility index (Phi) is 3.88. The quantitative estimate of drug-likeness (QED) is 0.801. The monoisotopic (exact) mass is 314 g/mol. The molecule has 0 saturated carbocycles. The topological polar surface area (TPSA) is 68.9 Å². The molecule has 0 radical (unpaired) electrons. The van der Waals surface area contributed by atoms with E-state index in [9.17, 15) is 9.59 Å². The highest BCUT2D eigenvalue weighted by molar-refractivity contribution is 7.07. The molecule has 6 nitrogen and oxygen atoms in total. The molecule has 1 aromatic carbocycles. The van der Waals surface area contributed by atoms with Crippen LogP contribution >= 0.6 is 11.3 Å². The van der Waals surface area contributed by atoms with E-state index >= 15 is 0 Å². The average molecular weight is 314 g/mol. The number of aryl methyl sites for hydroxylation is 1. The van der Waals surface area contributed by atoms with Gasteiger partial charge in [-0.05, 0) is 19.1 Å². The summed E-state index contributed by atoms with van der Waals surface area (Å²) in [6, 6.07) is 11.2. The number of aromatic nitrogens is 3. The number of hydrogen-bond acceptors (Lipinski definition) is 4. The summed E-state index contributed by atoms with van der Waals surface area (Å²) in [5.41, 5.74) is 1.63. The van der Waals surface area contributed by atoms with Crippen molar-refractivity contribution in [1.82, 2.24) is 14.3 Å². The van der Waals surface area contributed by atoms with E-state index < -0.39 is 0 Å². The van der Waals surface area contributed by atoms with Gasteiger partial charge >= 0.3 is 4.87 Å². The van der Waals surface area contributed by atoms with Crippen LogP contribution in [0.15, 0.2) is 52.8 Å². The first-order chi connectivity index (χ1) is 10.6. The van der Waals surface area contributed by atoms with E-state index in [1.807, 2.05) is 30.3 Å². The Morgan fingerprint density at radius 2 is 2.05 bits per heavy atom. The standard InChI is InChI=1S/C15H14N4O2S/c1-11-10-22-15(21)18(11)9-14(20)17-13-7-8-16-19(13)12-5-3-2-4-6-12/h2-8,10H,9H2,1H3,(H,17,20). The Labute approximate surface area is 130 Å². The van der Waals surface area contributed by atoms with Gasteiger partial charge in [-0.25, -0.2) is 4.68 Å². The molecular formula is C15H14N4O2S. The number of para-hydroxylation sites is 1. The van der Waals surface area contributed by atoms with E-state index in [1.165, 1.54) is 4.57 Å². The summed E-state index contributed by atoms with van der Waals surface area (Å²) in [6.45, 7) is 1.80. The lowest BCUT2D eigenvalue weighted by Crippen LogP contribution is -2.26. The second kappa shape index (κ2) is 5.98. The van der Waals surface area contributed by atoms with Crippen LogP contribution in [-0.4, -0.2) is 20.3 Å². The van der Waals surface area contributed by atoms with Crippen LogP contribution in [-0.2, 0) is 11.3 Å². The van der Waals surface area contributed by atoms with E-state index in [4.69, 9.17) is 0 Å². The predicted octanol–water partition coefficient (Wildman–Crippen LogP) is 2.04. The van der Waals surface area contributed by atoms with Gasteiger partial charge in [-0.3, -0.25) is 14.2 Å². The number of carbonyl (C=O) groups is 1. The van der Waals surface area contributed by atoms with Crippen LogP contribution in [0.25, 0.3) is 5.69 Å². The molecule has 2 heterocycles. The minimum Gasteiger partial charge on any atom is -0.309 e. The molecule has 0 aliphatic rings. The first kappa shape index (κ1) is 14.3. The molecule has 1 N–H and O–H groups in total. The van der Waals surface area contributed by atoms with Crippen LogP contribution in [0.2, 0.25) is 0 Å². The molecule has 0 aliphatic carbocycles. The van der Waals surface area contributed by atoms with Gasteiger partial charge in [-0.15, -0.1) is 0 Å². The van der Waals surface area contributed by atoms with Crippen molar-refractivity contribution in [3.63, 3.8) is 0 Å². The van der Waals surface area contributed by atoms with Crippen molar-refractivity contribution in [2.45, 2.75) is 13.5 Å². The third-order valence-corrected chi connectivity index (χ3v) is 4.07. The maximum Gasteiger partial charge on any atom is 0.307 e. The number of hydrogen-bond donors (Lipinski definition) is 1. The lowest BCUT2D eigenvalue weighted by atomic mass is 10.3. The van der Waals surface area contributed by atoms with Crippen molar-refractivity contribution in [2.24, 2.45) is 0 Å². The maximum atomic E-state index is 12.2. The first-order valence-corrected chi connectivity index (χ1v) is 7.57. The van der Waals surface area contributed by atoms with Gasteiger partial charge in [0.05, 0.1) is 11.9 Å². The first-order valence-electron chi connectivity index (χ1n) is 6.69. The van der Waals surface area contributed by atoms with E-state index in [0.29, 0.717) is 5.82 Å². The van der Waals surface area contributed by atoms with E-state index in [1.54, 1.807) is 29.2 Å². The second-order valence-electron chi connectivity index (χ2n) is 4.74. The van der Waals surface area contributed by atoms with Gasteiger partial charge in [0.25, 0.3) is 0 Å². The van der Waals surface area contributed by atoms with Gasteiger partial charge in [0, 0.05) is 17.1 Å². The normalized spacial score (nSPS) is 10.6. The number of anilines is 1. The third-order valence-electron chi connectivity index (χ3n) is 3.19. The van der Waals surface area contributed by atoms with Gasteiger partial charge in [-0.2, -0.15) is 5.10 Å². The molecular weight excluding hydrogens is 300 g/mol. The molecule has 0 aliphatic heterocycles. The molecule has 0 fully saturated rings. The summed E-state index contributed by atoms with van der Waals surface area (Å²) in [6.07, 6.45) is 1.62. The Morgan fingerprint density at radius 3 is 2.73 bits per heavy atom. The number of carbonyl (C=O) groups excluding carboxylic acids is 1. The number of nitrogens with one attached hydrogen (secondary N) is 1. The fraction of sp³-hybridized carbons (Fsp3) is 0.133. The lowest BCUT2D eigenvalue weighted by Gasteiger charge is -2.09. The summed E-state index contributed by atoms with van der Waals surface area (Å²) in [5, 5.41) is 8.74. The molecule has 1 amide bonds. The minimum absolute atomic E-state index is 0.00582. The zero-order valence-corrected chi connectivity index (χ0v) is 12.7. The SMILES string of the molecule is Cc1csc(=O)n1CC(=O)Nc1ccnn1-c1ccccc1. The molecule has 2 aromatic heterocycles. The van der Waals surface area contributed by atoms with Crippen molar-refractivity contribution in [3.05, 3.63) is 63.3 Å². The minimum atomic E-state index is -0.263. The molecule has 0 spiro atoms. The van der Waals surface area contributed by atoms with E-state index in [0.717, 1.165) is 22.7 Å². The largest absolute Gasteiger partial charge is 0.309 e. The molecule has 7 heteroatoms. The Hall–Kier alpha value is -2.67. The highest BCUT2D eigenvalue weighted by Gasteiger charge is 2.11. The molecule has 0 unspecified atom stereocenters. The number of nitrogens with zero attached hydrogens (tertiary/aromatic N) is 3. The number of benzene rings is 1. The fourth-order valence-corrected chi connectivity index (χ4v) is 2.83. The lowest BCUT2D eigenvalue weighted by molar-refractivity contribution is -0.116. The third kappa shape index (κ3) is 2.84. The molecule has 0 atom stereocenters. The number of thiazole rings is 1. The highest BCUT2D eigenvalue weighted by Crippen LogP contribution is 2.14. The molecule has 3 aromatic rings. The Morgan fingerprint density at radius 1 is 1.27 bits per heavy atom. The molecule has 22 heavy (non-hydrogen) atoms. The summed E-state index contributed by atoms with van der Waals surface area (Å²) < 4.78 is 3.09. The van der Waals surface area contributed by atoms with Crippen molar-refractivity contribution >= 4 is 23.1 Å². The summed E-state index contributed by atoms with van der Waals surface area (Å²) in [4.78, 5) is 23.7. The van der Waals surface area contributed by atoms with Crippen LogP contribution < -0.4 is 10.2 Å². The van der Waals surface area contributed by atoms with Gasteiger partial charge < -0.3 is 5.32 Å². The summed E-state index contributed by atoms with van der Waals surface area (Å²) in [7, 11) is 0. The fourth-order valence-electron chi connectivity index (χ4n) is 2.10. The number of rotatable bonds is 4. The van der Waals surface area contributed by atoms with Crippen LogP contribution in [0.4, 0.5) is 5.82 Å². The Balaban J connectivity index is 1.79.